The molecule has 1 unspecified atom stereocenters. The lowest BCUT2D eigenvalue weighted by molar-refractivity contribution is -0.119. The number of piperidine rings is 1. The van der Waals surface area contributed by atoms with Crippen LogP contribution in [0.1, 0.15) is 36.8 Å². The number of nitrogens with one attached hydrogen (secondary N) is 2. The summed E-state index contributed by atoms with van der Waals surface area (Å²) in [5.41, 5.74) is 7.88. The van der Waals surface area contributed by atoms with Crippen molar-refractivity contribution in [3.8, 4) is 0 Å². The smallest absolute Gasteiger partial charge is 0.231 e. The quantitative estimate of drug-likeness (QED) is 0.535. The molecule has 25 heavy (non-hydrogen) atoms. The highest BCUT2D eigenvalue weighted by atomic mass is 16.1. The summed E-state index contributed by atoms with van der Waals surface area (Å²) >= 11 is 0. The van der Waals surface area contributed by atoms with Gasteiger partial charge in [0.1, 0.15) is 0 Å². The van der Waals surface area contributed by atoms with E-state index in [0.29, 0.717) is 18.5 Å². The fraction of sp³-hybridized carbons (Fsp3) is 0.579. The van der Waals surface area contributed by atoms with Crippen LogP contribution in [0.15, 0.2) is 29.3 Å². The van der Waals surface area contributed by atoms with Crippen molar-refractivity contribution < 1.29 is 4.79 Å². The van der Waals surface area contributed by atoms with E-state index in [4.69, 9.17) is 5.73 Å². The van der Waals surface area contributed by atoms with Crippen LogP contribution in [0.3, 0.4) is 0 Å². The average Bonchev–Trinajstić information content (AvgIpc) is 2.59. The Morgan fingerprint density at radius 3 is 2.72 bits per heavy atom. The number of rotatable bonds is 6. The topological polar surface area (TPSA) is 82.8 Å². The maximum Gasteiger partial charge on any atom is 0.231 e. The molecule has 1 saturated heterocycles. The van der Waals surface area contributed by atoms with Gasteiger partial charge in [-0.1, -0.05) is 36.8 Å². The third-order valence-corrected chi connectivity index (χ3v) is 4.72. The first-order valence-electron chi connectivity index (χ1n) is 9.02. The molecule has 1 aliphatic heterocycles. The normalized spacial score (nSPS) is 18.0. The summed E-state index contributed by atoms with van der Waals surface area (Å²) in [5.74, 6) is 0.998. The van der Waals surface area contributed by atoms with Gasteiger partial charge in [0.2, 0.25) is 5.91 Å². The number of nitrogens with zero attached hydrogens (tertiary/aromatic N) is 2. The van der Waals surface area contributed by atoms with Gasteiger partial charge in [0.05, 0.1) is 6.54 Å². The second-order valence-electron chi connectivity index (χ2n) is 6.93. The van der Waals surface area contributed by atoms with Crippen LogP contribution in [-0.4, -0.2) is 56.0 Å². The number of aryl methyl sites for hydroxylation is 1. The summed E-state index contributed by atoms with van der Waals surface area (Å²) < 4.78 is 0. The molecule has 0 bridgehead atoms. The van der Waals surface area contributed by atoms with E-state index in [1.165, 1.54) is 11.1 Å². The highest BCUT2D eigenvalue weighted by molar-refractivity contribution is 5.80. The molecule has 4 N–H and O–H groups in total. The molecule has 1 aromatic rings. The van der Waals surface area contributed by atoms with Crippen LogP contribution in [0.5, 0.6) is 0 Å². The van der Waals surface area contributed by atoms with Gasteiger partial charge in [0.25, 0.3) is 0 Å². The lowest BCUT2D eigenvalue weighted by Crippen LogP contribution is -2.50. The predicted octanol–water partition coefficient (Wildman–Crippen LogP) is 1.21. The monoisotopic (exact) mass is 345 g/mol. The molecule has 2 rings (SSSR count). The zero-order valence-corrected chi connectivity index (χ0v) is 15.6. The maximum absolute atomic E-state index is 11.0. The van der Waals surface area contributed by atoms with Crippen LogP contribution in [0.25, 0.3) is 0 Å². The number of amides is 1. The van der Waals surface area contributed by atoms with E-state index >= 15 is 0 Å². The van der Waals surface area contributed by atoms with Gasteiger partial charge in [-0.05, 0) is 31.2 Å². The molecule has 0 aliphatic carbocycles. The molecule has 0 aromatic heterocycles. The minimum atomic E-state index is -0.256. The Kier molecular flexibility index (Phi) is 7.25. The van der Waals surface area contributed by atoms with Gasteiger partial charge in [-0.15, -0.1) is 0 Å². The van der Waals surface area contributed by atoms with Gasteiger partial charge in [0.15, 0.2) is 5.96 Å². The SMILES string of the molecule is CN=C(NCC(C)c1cccc(C)c1)NC1CCN(CC(N)=O)CC1. The largest absolute Gasteiger partial charge is 0.369 e. The molecule has 138 valence electrons. The van der Waals surface area contributed by atoms with Crippen molar-refractivity contribution in [2.75, 3.05) is 33.2 Å². The van der Waals surface area contributed by atoms with Gasteiger partial charge in [-0.3, -0.25) is 14.7 Å². The van der Waals surface area contributed by atoms with E-state index in [-0.39, 0.29) is 5.91 Å². The zero-order valence-electron chi connectivity index (χ0n) is 15.6. The van der Waals surface area contributed by atoms with E-state index < -0.39 is 0 Å². The maximum atomic E-state index is 11.0. The third kappa shape index (κ3) is 6.38. The Hall–Kier alpha value is -2.08. The van der Waals surface area contributed by atoms with Crippen molar-refractivity contribution in [3.05, 3.63) is 35.4 Å². The number of likely N-dealkylation sites (tertiary alicyclic amines) is 1. The first kappa shape index (κ1) is 19.2. The van der Waals surface area contributed by atoms with Gasteiger partial charge in [-0.25, -0.2) is 0 Å². The van der Waals surface area contributed by atoms with Crippen LogP contribution in [0.4, 0.5) is 0 Å². The molecule has 0 saturated carbocycles. The van der Waals surface area contributed by atoms with E-state index in [0.717, 1.165) is 38.4 Å². The second kappa shape index (κ2) is 9.42. The number of guanidine groups is 1. The number of carbonyl (C=O) groups is 1. The number of nitrogens with two attached hydrogens (primary N) is 1. The third-order valence-electron chi connectivity index (χ3n) is 4.72. The minimum absolute atomic E-state index is 0.256. The number of hydrogen-bond acceptors (Lipinski definition) is 3. The number of benzene rings is 1. The van der Waals surface area contributed by atoms with Crippen LogP contribution < -0.4 is 16.4 Å². The first-order chi connectivity index (χ1) is 12.0. The Morgan fingerprint density at radius 1 is 1.40 bits per heavy atom. The van der Waals surface area contributed by atoms with E-state index in [2.05, 4.69) is 58.6 Å². The molecule has 1 amide bonds. The van der Waals surface area contributed by atoms with Crippen molar-refractivity contribution >= 4 is 11.9 Å². The van der Waals surface area contributed by atoms with Crippen LogP contribution in [-0.2, 0) is 4.79 Å². The molecule has 6 nitrogen and oxygen atoms in total. The highest BCUT2D eigenvalue weighted by Gasteiger charge is 2.21. The molecule has 1 heterocycles. The van der Waals surface area contributed by atoms with Gasteiger partial charge in [0, 0.05) is 32.7 Å². The van der Waals surface area contributed by atoms with Crippen LogP contribution in [0, 0.1) is 6.92 Å². The van der Waals surface area contributed by atoms with Crippen molar-refractivity contribution in [1.29, 1.82) is 0 Å². The molecule has 0 radical (unpaired) electrons. The number of primary amides is 1. The Labute approximate surface area is 150 Å². The minimum Gasteiger partial charge on any atom is -0.369 e. The van der Waals surface area contributed by atoms with Crippen molar-refractivity contribution in [2.45, 2.75) is 38.6 Å². The molecule has 1 fully saturated rings. The van der Waals surface area contributed by atoms with Gasteiger partial charge < -0.3 is 16.4 Å². The lowest BCUT2D eigenvalue weighted by atomic mass is 9.99. The van der Waals surface area contributed by atoms with Crippen molar-refractivity contribution in [1.82, 2.24) is 15.5 Å². The fourth-order valence-electron chi connectivity index (χ4n) is 3.19. The molecule has 0 spiro atoms. The molecule has 6 heteroatoms. The number of aliphatic imine (C=N–C) groups is 1. The Bertz CT molecular complexity index is 593. The summed E-state index contributed by atoms with van der Waals surface area (Å²) in [7, 11) is 1.80. The summed E-state index contributed by atoms with van der Waals surface area (Å²) in [6, 6.07) is 9.01. The summed E-state index contributed by atoms with van der Waals surface area (Å²) in [5, 5.41) is 6.92. The van der Waals surface area contributed by atoms with Crippen molar-refractivity contribution in [2.24, 2.45) is 10.7 Å². The molecule has 1 atom stereocenters. The lowest BCUT2D eigenvalue weighted by Gasteiger charge is -2.32. The Balaban J connectivity index is 1.77. The summed E-state index contributed by atoms with van der Waals surface area (Å²) in [6.07, 6.45) is 1.98. The second-order valence-corrected chi connectivity index (χ2v) is 6.93. The number of carbonyl (C=O) groups excluding carboxylic acids is 1. The van der Waals surface area contributed by atoms with Crippen LogP contribution in [0.2, 0.25) is 0 Å². The zero-order chi connectivity index (χ0) is 18.2. The van der Waals surface area contributed by atoms with E-state index in [9.17, 15) is 4.79 Å². The fourth-order valence-corrected chi connectivity index (χ4v) is 3.19. The van der Waals surface area contributed by atoms with Crippen molar-refractivity contribution in [3.63, 3.8) is 0 Å². The van der Waals surface area contributed by atoms with E-state index in [1.807, 2.05) is 0 Å². The molecular formula is C19H31N5O. The molecule has 1 aliphatic rings. The molecule has 1 aromatic carbocycles. The number of hydrogen-bond donors (Lipinski definition) is 3. The van der Waals surface area contributed by atoms with Gasteiger partial charge in [-0.2, -0.15) is 0 Å². The highest BCUT2D eigenvalue weighted by Crippen LogP contribution is 2.15. The standard InChI is InChI=1S/C19H31N5O/c1-14-5-4-6-16(11-14)15(2)12-22-19(21-3)23-17-7-9-24(10-8-17)13-18(20)25/h4-6,11,15,17H,7-10,12-13H2,1-3H3,(H2,20,25)(H2,21,22,23). The predicted molar refractivity (Wildman–Crippen MR) is 103 cm³/mol. The van der Waals surface area contributed by atoms with Crippen LogP contribution >= 0.6 is 0 Å². The summed E-state index contributed by atoms with van der Waals surface area (Å²) in [6.45, 7) is 7.30. The summed E-state index contributed by atoms with van der Waals surface area (Å²) in [4.78, 5) is 17.4. The first-order valence-corrected chi connectivity index (χ1v) is 9.02. The van der Waals surface area contributed by atoms with Gasteiger partial charge >= 0.3 is 0 Å². The Morgan fingerprint density at radius 2 is 2.12 bits per heavy atom. The van der Waals surface area contributed by atoms with E-state index in [1.54, 1.807) is 7.05 Å². The average molecular weight is 345 g/mol. The molecular weight excluding hydrogens is 314 g/mol.